The van der Waals surface area contributed by atoms with Crippen LogP contribution in [0.15, 0.2) is 48.2 Å². The number of fused-ring (bicyclic) bond motifs is 1. The zero-order chi connectivity index (χ0) is 7.68. The van der Waals surface area contributed by atoms with Gasteiger partial charge in [-0.2, -0.15) is 0 Å². The van der Waals surface area contributed by atoms with E-state index in [1.807, 2.05) is 41.6 Å². The second kappa shape index (κ2) is 2.31. The molecule has 0 aromatic heterocycles. The van der Waals surface area contributed by atoms with Crippen LogP contribution in [-0.4, -0.2) is 4.90 Å². The summed E-state index contributed by atoms with van der Waals surface area (Å²) in [7, 11) is 0. The molecule has 0 aliphatic carbocycles. The molecule has 0 fully saturated rings. The first-order chi connectivity index (χ1) is 5.38. The molecule has 2 rings (SSSR count). The van der Waals surface area contributed by atoms with E-state index in [0.29, 0.717) is 6.42 Å². The summed E-state index contributed by atoms with van der Waals surface area (Å²) < 4.78 is 0. The fourth-order valence-electron chi connectivity index (χ4n) is 1.20. The van der Waals surface area contributed by atoms with E-state index >= 15 is 0 Å². The largest absolute Gasteiger partial charge is 0.321 e. The monoisotopic (exact) mass is 146 g/mol. The molecule has 2 heteroatoms. The molecule has 0 saturated carbocycles. The van der Waals surface area contributed by atoms with Crippen molar-refractivity contribution in [2.24, 2.45) is 0 Å². The third-order valence-electron chi connectivity index (χ3n) is 1.74. The molecule has 0 bridgehead atoms. The second-order valence-electron chi connectivity index (χ2n) is 2.51. The maximum Gasteiger partial charge on any atom is 0.183 e. The van der Waals surface area contributed by atoms with Crippen molar-refractivity contribution in [1.82, 2.24) is 4.90 Å². The number of rotatable bonds is 0. The van der Waals surface area contributed by atoms with Crippen LogP contribution in [-0.2, 0) is 5.11 Å². The van der Waals surface area contributed by atoms with Gasteiger partial charge in [-0.3, -0.25) is 5.11 Å². The molecular formula is C9H8NO. The highest BCUT2D eigenvalue weighted by atomic mass is 16.3. The summed E-state index contributed by atoms with van der Waals surface area (Å²) in [5.41, 5.74) is 0.773. The van der Waals surface area contributed by atoms with E-state index in [0.717, 1.165) is 5.70 Å². The number of hydrogen-bond acceptors (Lipinski definition) is 1. The number of nitrogens with zero attached hydrogens (tertiary/aromatic N) is 1. The van der Waals surface area contributed by atoms with Gasteiger partial charge in [-0.05, 0) is 12.2 Å². The molecule has 0 amide bonds. The third kappa shape index (κ3) is 0.963. The van der Waals surface area contributed by atoms with Gasteiger partial charge in [0.15, 0.2) is 5.76 Å². The first-order valence-electron chi connectivity index (χ1n) is 3.58. The van der Waals surface area contributed by atoms with Gasteiger partial charge in [0.1, 0.15) is 0 Å². The van der Waals surface area contributed by atoms with Crippen molar-refractivity contribution >= 4 is 0 Å². The molecule has 0 aromatic rings. The summed E-state index contributed by atoms with van der Waals surface area (Å²) in [4.78, 5) is 1.84. The van der Waals surface area contributed by atoms with Crippen LogP contribution < -0.4 is 0 Å². The summed E-state index contributed by atoms with van der Waals surface area (Å²) >= 11 is 0. The minimum Gasteiger partial charge on any atom is -0.321 e. The summed E-state index contributed by atoms with van der Waals surface area (Å²) in [5.74, 6) is 0.188. The molecule has 2 aliphatic rings. The van der Waals surface area contributed by atoms with Gasteiger partial charge in [-0.25, -0.2) is 0 Å². The summed E-state index contributed by atoms with van der Waals surface area (Å²) in [6, 6.07) is 0. The highest BCUT2D eigenvalue weighted by Gasteiger charge is 2.13. The van der Waals surface area contributed by atoms with Gasteiger partial charge in [0, 0.05) is 18.8 Å². The second-order valence-corrected chi connectivity index (χ2v) is 2.51. The molecule has 2 nitrogen and oxygen atoms in total. The Morgan fingerprint density at radius 1 is 1.27 bits per heavy atom. The molecule has 11 heavy (non-hydrogen) atoms. The molecule has 0 unspecified atom stereocenters. The van der Waals surface area contributed by atoms with Crippen molar-refractivity contribution in [3.05, 3.63) is 48.2 Å². The fraction of sp³-hybridized carbons (Fsp3) is 0.111. The number of allylic oxidation sites excluding steroid dienone is 4. The third-order valence-corrected chi connectivity index (χ3v) is 1.74. The van der Waals surface area contributed by atoms with Crippen molar-refractivity contribution in [2.45, 2.75) is 6.42 Å². The van der Waals surface area contributed by atoms with Crippen molar-refractivity contribution in [3.8, 4) is 0 Å². The average Bonchev–Trinajstić information content (AvgIpc) is 2.06. The minimum atomic E-state index is 0.188. The van der Waals surface area contributed by atoms with E-state index in [1.165, 1.54) is 0 Å². The molecule has 0 atom stereocenters. The molecule has 55 valence electrons. The summed E-state index contributed by atoms with van der Waals surface area (Å²) in [5, 5.41) is 11.2. The molecule has 1 radical (unpaired) electrons. The van der Waals surface area contributed by atoms with Gasteiger partial charge in [0.2, 0.25) is 0 Å². The maximum atomic E-state index is 11.2. The van der Waals surface area contributed by atoms with E-state index in [-0.39, 0.29) is 5.76 Å². The predicted molar refractivity (Wildman–Crippen MR) is 41.6 cm³/mol. The van der Waals surface area contributed by atoms with Gasteiger partial charge < -0.3 is 4.90 Å². The van der Waals surface area contributed by atoms with Gasteiger partial charge >= 0.3 is 0 Å². The fourth-order valence-corrected chi connectivity index (χ4v) is 1.20. The summed E-state index contributed by atoms with van der Waals surface area (Å²) in [6.45, 7) is 0. The van der Waals surface area contributed by atoms with Crippen LogP contribution in [0.2, 0.25) is 0 Å². The quantitative estimate of drug-likeness (QED) is 0.512. The first-order valence-corrected chi connectivity index (χ1v) is 3.58. The lowest BCUT2D eigenvalue weighted by molar-refractivity contribution is 0.272. The van der Waals surface area contributed by atoms with Gasteiger partial charge in [0.25, 0.3) is 0 Å². The van der Waals surface area contributed by atoms with Crippen molar-refractivity contribution in [2.75, 3.05) is 0 Å². The Hall–Kier alpha value is -1.44. The first kappa shape index (κ1) is 6.28. The molecule has 0 saturated heterocycles. The van der Waals surface area contributed by atoms with Crippen LogP contribution in [0, 0.1) is 0 Å². The molecule has 2 aliphatic heterocycles. The summed E-state index contributed by atoms with van der Waals surface area (Å²) in [6.07, 6.45) is 11.8. The van der Waals surface area contributed by atoms with Crippen LogP contribution in [0.4, 0.5) is 0 Å². The maximum absolute atomic E-state index is 11.2. The lowest BCUT2D eigenvalue weighted by atomic mass is 10.1. The molecule has 0 N–H and O–H groups in total. The zero-order valence-corrected chi connectivity index (χ0v) is 6.03. The van der Waals surface area contributed by atoms with E-state index in [4.69, 9.17) is 0 Å². The van der Waals surface area contributed by atoms with Crippen LogP contribution in [0.25, 0.3) is 0 Å². The Bertz CT molecular complexity index is 284. The molecule has 0 aromatic carbocycles. The van der Waals surface area contributed by atoms with Crippen LogP contribution >= 0.6 is 0 Å². The number of hydrogen-bond donors (Lipinski definition) is 0. The Kier molecular flexibility index (Phi) is 1.32. The normalized spacial score (nSPS) is 20.9. The van der Waals surface area contributed by atoms with E-state index in [2.05, 4.69) is 0 Å². The highest BCUT2D eigenvalue weighted by Crippen LogP contribution is 2.22. The van der Waals surface area contributed by atoms with Crippen molar-refractivity contribution in [1.29, 1.82) is 0 Å². The standard InChI is InChI=1S/C9H8NO/c11-9-5-3-7-10-6-2-1-4-8(9)10/h1-4,6-7H,5H2. The molecular weight excluding hydrogens is 138 g/mol. The van der Waals surface area contributed by atoms with Crippen LogP contribution in [0.5, 0.6) is 0 Å². The Labute approximate surface area is 65.4 Å². The predicted octanol–water partition coefficient (Wildman–Crippen LogP) is 1.93. The van der Waals surface area contributed by atoms with Crippen LogP contribution in [0.1, 0.15) is 6.42 Å². The molecule has 2 heterocycles. The van der Waals surface area contributed by atoms with Gasteiger partial charge in [-0.1, -0.05) is 12.2 Å². The van der Waals surface area contributed by atoms with E-state index < -0.39 is 0 Å². The lowest BCUT2D eigenvalue weighted by Crippen LogP contribution is -2.14. The van der Waals surface area contributed by atoms with E-state index in [9.17, 15) is 5.11 Å². The Morgan fingerprint density at radius 3 is 3.00 bits per heavy atom. The Balaban J connectivity index is 2.40. The minimum absolute atomic E-state index is 0.188. The smallest absolute Gasteiger partial charge is 0.183 e. The van der Waals surface area contributed by atoms with Crippen molar-refractivity contribution in [3.63, 3.8) is 0 Å². The van der Waals surface area contributed by atoms with Crippen molar-refractivity contribution < 1.29 is 5.11 Å². The van der Waals surface area contributed by atoms with E-state index in [1.54, 1.807) is 0 Å². The Morgan fingerprint density at radius 2 is 2.18 bits per heavy atom. The topological polar surface area (TPSA) is 23.1 Å². The molecule has 0 spiro atoms. The zero-order valence-electron chi connectivity index (χ0n) is 6.03. The SMILES string of the molecule is [O]C1=C2C=CC=CN2C=CC1. The van der Waals surface area contributed by atoms with Gasteiger partial charge in [-0.15, -0.1) is 0 Å². The van der Waals surface area contributed by atoms with Crippen LogP contribution in [0.3, 0.4) is 0 Å². The lowest BCUT2D eigenvalue weighted by Gasteiger charge is -2.22. The van der Waals surface area contributed by atoms with Gasteiger partial charge in [0.05, 0.1) is 5.70 Å². The highest BCUT2D eigenvalue weighted by molar-refractivity contribution is 5.34. The average molecular weight is 146 g/mol.